The molecule has 2 N–H and O–H groups in total. The van der Waals surface area contributed by atoms with Gasteiger partial charge in [0.15, 0.2) is 0 Å². The highest BCUT2D eigenvalue weighted by Gasteiger charge is 2.12. The Morgan fingerprint density at radius 1 is 1.41 bits per heavy atom. The lowest BCUT2D eigenvalue weighted by atomic mass is 10.1. The average Bonchev–Trinajstić information content (AvgIpc) is 2.67. The summed E-state index contributed by atoms with van der Waals surface area (Å²) >= 11 is 1.72. The third-order valence-corrected chi connectivity index (χ3v) is 3.48. The van der Waals surface area contributed by atoms with E-state index in [1.165, 1.54) is 4.70 Å². The van der Waals surface area contributed by atoms with Crippen molar-refractivity contribution in [3.8, 4) is 5.75 Å². The van der Waals surface area contributed by atoms with Crippen LogP contribution in [0.5, 0.6) is 5.75 Å². The number of benzene rings is 1. The van der Waals surface area contributed by atoms with Gasteiger partial charge < -0.3 is 10.5 Å². The number of aromatic nitrogens is 1. The van der Waals surface area contributed by atoms with Gasteiger partial charge in [-0.2, -0.15) is 0 Å². The number of aryl methyl sites for hydroxylation is 1. The molecule has 0 spiro atoms. The predicted octanol–water partition coefficient (Wildman–Crippen LogP) is 2.97. The van der Waals surface area contributed by atoms with Crippen LogP contribution < -0.4 is 10.5 Å². The van der Waals surface area contributed by atoms with Crippen LogP contribution in [0.1, 0.15) is 25.8 Å². The molecule has 0 fully saturated rings. The Balaban J connectivity index is 2.19. The Morgan fingerprint density at radius 3 is 2.82 bits per heavy atom. The van der Waals surface area contributed by atoms with Crippen LogP contribution in [0.4, 0.5) is 0 Å². The molecule has 0 aliphatic rings. The van der Waals surface area contributed by atoms with E-state index in [-0.39, 0.29) is 5.54 Å². The Labute approximate surface area is 106 Å². The molecule has 0 bridgehead atoms. The first-order valence-corrected chi connectivity index (χ1v) is 6.61. The van der Waals surface area contributed by atoms with Crippen LogP contribution in [0, 0.1) is 0 Å². The predicted molar refractivity (Wildman–Crippen MR) is 72.8 cm³/mol. The number of nitrogens with zero attached hydrogens (tertiary/aromatic N) is 1. The van der Waals surface area contributed by atoms with Crippen molar-refractivity contribution < 1.29 is 4.74 Å². The quantitative estimate of drug-likeness (QED) is 0.907. The Kier molecular flexibility index (Phi) is 3.35. The van der Waals surface area contributed by atoms with Crippen LogP contribution in [-0.4, -0.2) is 17.1 Å². The molecule has 0 unspecified atom stereocenters. The second-order valence-electron chi connectivity index (χ2n) is 4.87. The zero-order chi connectivity index (χ0) is 12.5. The van der Waals surface area contributed by atoms with Crippen LogP contribution in [0.3, 0.4) is 0 Å². The van der Waals surface area contributed by atoms with Gasteiger partial charge in [0.2, 0.25) is 0 Å². The second-order valence-corrected chi connectivity index (χ2v) is 5.98. The molecule has 0 aliphatic heterocycles. The molecule has 1 heterocycles. The molecule has 1 aromatic heterocycles. The number of ether oxygens (including phenoxy) is 1. The van der Waals surface area contributed by atoms with Crippen molar-refractivity contribution in [1.82, 2.24) is 4.98 Å². The average molecular weight is 250 g/mol. The summed E-state index contributed by atoms with van der Waals surface area (Å²) in [4.78, 5) is 4.52. The first-order chi connectivity index (χ1) is 7.98. The SMILES string of the molecule is CCc1nc2ccc(OCC(C)(C)N)cc2s1. The summed E-state index contributed by atoms with van der Waals surface area (Å²) < 4.78 is 6.85. The standard InChI is InChI=1S/C13H18N2OS/c1-4-12-15-10-6-5-9(7-11(10)17-12)16-8-13(2,3)14/h5-7H,4,8,14H2,1-3H3. The van der Waals surface area contributed by atoms with Gasteiger partial charge in [-0.15, -0.1) is 11.3 Å². The maximum atomic E-state index is 5.89. The minimum absolute atomic E-state index is 0.308. The third kappa shape index (κ3) is 3.17. The van der Waals surface area contributed by atoms with Crippen molar-refractivity contribution in [2.45, 2.75) is 32.7 Å². The molecule has 1 aromatic carbocycles. The number of hydrogen-bond donors (Lipinski definition) is 1. The first-order valence-electron chi connectivity index (χ1n) is 5.79. The molecular formula is C13H18N2OS. The van der Waals surface area contributed by atoms with Gasteiger partial charge in [0.1, 0.15) is 12.4 Å². The smallest absolute Gasteiger partial charge is 0.120 e. The molecule has 3 nitrogen and oxygen atoms in total. The van der Waals surface area contributed by atoms with Gasteiger partial charge in [-0.1, -0.05) is 6.92 Å². The van der Waals surface area contributed by atoms with Crippen LogP contribution in [0.15, 0.2) is 18.2 Å². The maximum absolute atomic E-state index is 5.89. The van der Waals surface area contributed by atoms with Crippen molar-refractivity contribution in [3.63, 3.8) is 0 Å². The second kappa shape index (κ2) is 4.63. The van der Waals surface area contributed by atoms with E-state index in [1.807, 2.05) is 32.0 Å². The van der Waals surface area contributed by atoms with Gasteiger partial charge in [-0.05, 0) is 38.5 Å². The molecule has 4 heteroatoms. The number of fused-ring (bicyclic) bond motifs is 1. The lowest BCUT2D eigenvalue weighted by Crippen LogP contribution is -2.38. The van der Waals surface area contributed by atoms with E-state index < -0.39 is 0 Å². The fourth-order valence-corrected chi connectivity index (χ4v) is 2.40. The number of hydrogen-bond acceptors (Lipinski definition) is 4. The lowest BCUT2D eigenvalue weighted by molar-refractivity contribution is 0.243. The van der Waals surface area contributed by atoms with Crippen molar-refractivity contribution in [2.24, 2.45) is 5.73 Å². The molecule has 0 radical (unpaired) electrons. The fraction of sp³-hybridized carbons (Fsp3) is 0.462. The summed E-state index contributed by atoms with van der Waals surface area (Å²) in [6, 6.07) is 6.00. The molecule has 0 aliphatic carbocycles. The number of rotatable bonds is 4. The molecule has 17 heavy (non-hydrogen) atoms. The highest BCUT2D eigenvalue weighted by Crippen LogP contribution is 2.26. The minimum Gasteiger partial charge on any atom is -0.492 e. The summed E-state index contributed by atoms with van der Waals surface area (Å²) in [5, 5.41) is 1.16. The summed E-state index contributed by atoms with van der Waals surface area (Å²) in [5.41, 5.74) is 6.63. The minimum atomic E-state index is -0.308. The molecule has 0 saturated heterocycles. The fourth-order valence-electron chi connectivity index (χ4n) is 1.46. The molecule has 2 aromatic rings. The maximum Gasteiger partial charge on any atom is 0.120 e. The van der Waals surface area contributed by atoms with Crippen LogP contribution in [0.2, 0.25) is 0 Å². The van der Waals surface area contributed by atoms with Crippen molar-refractivity contribution in [1.29, 1.82) is 0 Å². The van der Waals surface area contributed by atoms with Gasteiger partial charge in [-0.25, -0.2) is 4.98 Å². The van der Waals surface area contributed by atoms with Gasteiger partial charge >= 0.3 is 0 Å². The van der Waals surface area contributed by atoms with E-state index in [0.29, 0.717) is 6.61 Å². The van der Waals surface area contributed by atoms with Crippen LogP contribution in [-0.2, 0) is 6.42 Å². The van der Waals surface area contributed by atoms with Gasteiger partial charge in [0.25, 0.3) is 0 Å². The summed E-state index contributed by atoms with van der Waals surface area (Å²) in [5.74, 6) is 0.863. The first kappa shape index (κ1) is 12.3. The number of nitrogens with two attached hydrogens (primary N) is 1. The zero-order valence-corrected chi connectivity index (χ0v) is 11.3. The highest BCUT2D eigenvalue weighted by atomic mass is 32.1. The molecule has 2 rings (SSSR count). The van der Waals surface area contributed by atoms with Crippen molar-refractivity contribution in [2.75, 3.05) is 6.61 Å². The Morgan fingerprint density at radius 2 is 2.18 bits per heavy atom. The van der Waals surface area contributed by atoms with E-state index in [2.05, 4.69) is 11.9 Å². The topological polar surface area (TPSA) is 48.1 Å². The zero-order valence-electron chi connectivity index (χ0n) is 10.5. The van der Waals surface area contributed by atoms with Gasteiger partial charge in [0.05, 0.1) is 15.2 Å². The highest BCUT2D eigenvalue weighted by molar-refractivity contribution is 7.18. The molecule has 0 atom stereocenters. The number of thiazole rings is 1. The van der Waals surface area contributed by atoms with Gasteiger partial charge in [0, 0.05) is 5.54 Å². The summed E-state index contributed by atoms with van der Waals surface area (Å²) in [6.45, 7) is 6.53. The van der Waals surface area contributed by atoms with E-state index in [1.54, 1.807) is 11.3 Å². The Hall–Kier alpha value is -1.13. The van der Waals surface area contributed by atoms with E-state index in [4.69, 9.17) is 10.5 Å². The largest absolute Gasteiger partial charge is 0.492 e. The van der Waals surface area contributed by atoms with Crippen molar-refractivity contribution >= 4 is 21.6 Å². The molecule has 0 amide bonds. The van der Waals surface area contributed by atoms with Gasteiger partial charge in [-0.3, -0.25) is 0 Å². The van der Waals surface area contributed by atoms with E-state index >= 15 is 0 Å². The molecule has 92 valence electrons. The third-order valence-electron chi connectivity index (χ3n) is 2.32. The van der Waals surface area contributed by atoms with Crippen LogP contribution >= 0.6 is 11.3 Å². The Bertz CT molecular complexity index is 514. The monoisotopic (exact) mass is 250 g/mol. The van der Waals surface area contributed by atoms with E-state index in [0.717, 1.165) is 22.7 Å². The van der Waals surface area contributed by atoms with E-state index in [9.17, 15) is 0 Å². The summed E-state index contributed by atoms with van der Waals surface area (Å²) in [7, 11) is 0. The van der Waals surface area contributed by atoms with Crippen LogP contribution in [0.25, 0.3) is 10.2 Å². The molecule has 0 saturated carbocycles. The normalized spacial score (nSPS) is 12.0. The summed E-state index contributed by atoms with van der Waals surface area (Å²) in [6.07, 6.45) is 0.978. The van der Waals surface area contributed by atoms with Crippen molar-refractivity contribution in [3.05, 3.63) is 23.2 Å². The molecular weight excluding hydrogens is 232 g/mol. The lowest BCUT2D eigenvalue weighted by Gasteiger charge is -2.18.